The number of hydrogen-bond acceptors (Lipinski definition) is 3. The molecule has 1 aliphatic heterocycles. The Hall–Kier alpha value is -0.480. The van der Waals surface area contributed by atoms with Crippen molar-refractivity contribution in [2.45, 2.75) is 49.6 Å². The van der Waals surface area contributed by atoms with Gasteiger partial charge in [-0.3, -0.25) is 4.90 Å². The van der Waals surface area contributed by atoms with Crippen molar-refractivity contribution in [2.75, 3.05) is 20.1 Å². The fraction of sp³-hybridized carbons (Fsp3) is 0.923. The van der Waals surface area contributed by atoms with E-state index in [-0.39, 0.29) is 0 Å². The maximum atomic E-state index is 6.34. The third kappa shape index (κ3) is 2.75. The van der Waals surface area contributed by atoms with Gasteiger partial charge in [0.1, 0.15) is 5.84 Å². The van der Waals surface area contributed by atoms with Crippen molar-refractivity contribution in [2.24, 2.45) is 11.0 Å². The highest BCUT2D eigenvalue weighted by atomic mass is 35.5. The molecule has 2 N–H and O–H groups in total. The number of nitrogens with one attached hydrogen (secondary N) is 2. The lowest BCUT2D eigenvalue weighted by Crippen LogP contribution is -2.44. The van der Waals surface area contributed by atoms with Gasteiger partial charge >= 0.3 is 0 Å². The molecular weight excluding hydrogens is 248 g/mol. The van der Waals surface area contributed by atoms with Crippen LogP contribution in [0.2, 0.25) is 0 Å². The minimum atomic E-state index is 0.372. The lowest BCUT2D eigenvalue weighted by Gasteiger charge is -2.34. The van der Waals surface area contributed by atoms with E-state index in [4.69, 9.17) is 11.6 Å². The molecule has 3 atom stereocenters. The zero-order valence-corrected chi connectivity index (χ0v) is 11.8. The lowest BCUT2D eigenvalue weighted by atomic mass is 9.84. The molecule has 3 fully saturated rings. The Balaban J connectivity index is 1.75. The lowest BCUT2D eigenvalue weighted by molar-refractivity contribution is 0.205. The van der Waals surface area contributed by atoms with E-state index in [2.05, 4.69) is 20.7 Å². The summed E-state index contributed by atoms with van der Waals surface area (Å²) in [6.45, 7) is 2.15. The normalized spacial score (nSPS) is 39.9. The second-order valence-corrected chi connectivity index (χ2v) is 6.48. The van der Waals surface area contributed by atoms with E-state index in [0.717, 1.165) is 31.3 Å². The predicted molar refractivity (Wildman–Crippen MR) is 75.0 cm³/mol. The van der Waals surface area contributed by atoms with Gasteiger partial charge in [0.25, 0.3) is 0 Å². The number of halogens is 1. The topological polar surface area (TPSA) is 39.7 Å². The second-order valence-electron chi connectivity index (χ2n) is 5.86. The molecule has 2 aliphatic carbocycles. The van der Waals surface area contributed by atoms with Crippen LogP contribution in [0, 0.1) is 5.92 Å². The third-order valence-electron chi connectivity index (χ3n) is 4.40. The highest BCUT2D eigenvalue weighted by Crippen LogP contribution is 2.34. The molecule has 3 rings (SSSR count). The van der Waals surface area contributed by atoms with E-state index in [1.165, 1.54) is 25.8 Å². The molecule has 0 spiro atoms. The van der Waals surface area contributed by atoms with E-state index in [1.807, 2.05) is 7.05 Å². The highest BCUT2D eigenvalue weighted by Gasteiger charge is 2.38. The number of alkyl halides is 1. The molecule has 2 saturated carbocycles. The first kappa shape index (κ1) is 12.5. The van der Waals surface area contributed by atoms with E-state index >= 15 is 0 Å². The Morgan fingerprint density at radius 1 is 1.33 bits per heavy atom. The van der Waals surface area contributed by atoms with Gasteiger partial charge in [0.15, 0.2) is 0 Å². The van der Waals surface area contributed by atoms with Crippen molar-refractivity contribution >= 4 is 17.4 Å². The van der Waals surface area contributed by atoms with Crippen molar-refractivity contribution in [3.05, 3.63) is 0 Å². The molecule has 3 unspecified atom stereocenters. The summed E-state index contributed by atoms with van der Waals surface area (Å²) in [7, 11) is 1.87. The first-order chi connectivity index (χ1) is 8.76. The van der Waals surface area contributed by atoms with E-state index in [0.29, 0.717) is 17.3 Å². The number of nitrogens with zero attached hydrogens (tertiary/aromatic N) is 2. The van der Waals surface area contributed by atoms with Crippen LogP contribution in [-0.4, -0.2) is 48.3 Å². The van der Waals surface area contributed by atoms with E-state index in [1.54, 1.807) is 0 Å². The molecule has 0 amide bonds. The summed E-state index contributed by atoms with van der Waals surface area (Å²) >= 11 is 6.34. The zero-order chi connectivity index (χ0) is 12.5. The molecule has 102 valence electrons. The minimum Gasteiger partial charge on any atom is -0.368 e. The van der Waals surface area contributed by atoms with Crippen LogP contribution in [0.25, 0.3) is 0 Å². The van der Waals surface area contributed by atoms with Gasteiger partial charge in [-0.15, -0.1) is 11.6 Å². The smallest absolute Gasteiger partial charge is 0.136 e. The Bertz CT molecular complexity index is 329. The number of rotatable bonds is 2. The Kier molecular flexibility index (Phi) is 3.66. The molecule has 1 saturated heterocycles. The molecule has 18 heavy (non-hydrogen) atoms. The standard InChI is InChI=1S/C13H23ClN4/c1-15-17-13-8-18(11-3-4-11)7-9-6-10(14)2-5-12(9)16-13/h9-12,15H,2-8H2,1H3,(H,16,17). The van der Waals surface area contributed by atoms with Gasteiger partial charge in [0.2, 0.25) is 0 Å². The van der Waals surface area contributed by atoms with Crippen LogP contribution in [0.3, 0.4) is 0 Å². The van der Waals surface area contributed by atoms with Crippen LogP contribution in [0.15, 0.2) is 5.10 Å². The van der Waals surface area contributed by atoms with Crippen LogP contribution in [0.4, 0.5) is 0 Å². The molecule has 0 bridgehead atoms. The van der Waals surface area contributed by atoms with Gasteiger partial charge in [-0.1, -0.05) is 0 Å². The van der Waals surface area contributed by atoms with Gasteiger partial charge in [-0.05, 0) is 38.0 Å². The Morgan fingerprint density at radius 2 is 2.17 bits per heavy atom. The maximum Gasteiger partial charge on any atom is 0.136 e. The molecule has 3 aliphatic rings. The molecule has 0 aromatic rings. The van der Waals surface area contributed by atoms with Crippen molar-refractivity contribution in [1.82, 2.24) is 15.6 Å². The van der Waals surface area contributed by atoms with Crippen LogP contribution in [0.1, 0.15) is 32.1 Å². The quantitative estimate of drug-likeness (QED) is 0.588. The fourth-order valence-corrected chi connectivity index (χ4v) is 3.69. The second kappa shape index (κ2) is 5.25. The summed E-state index contributed by atoms with van der Waals surface area (Å²) in [6, 6.07) is 1.36. The summed E-state index contributed by atoms with van der Waals surface area (Å²) < 4.78 is 0. The molecule has 0 aromatic carbocycles. The molecule has 1 heterocycles. The predicted octanol–water partition coefficient (Wildman–Crippen LogP) is 1.36. The number of amidine groups is 1. The molecule has 0 aromatic heterocycles. The Morgan fingerprint density at radius 3 is 2.89 bits per heavy atom. The molecule has 4 nitrogen and oxygen atoms in total. The van der Waals surface area contributed by atoms with Crippen molar-refractivity contribution in [3.63, 3.8) is 0 Å². The fourth-order valence-electron chi connectivity index (χ4n) is 3.34. The molecule has 5 heteroatoms. The SMILES string of the molecule is CN/N=C1/CN(C2CC2)CC2CC(Cl)CCC2N1. The van der Waals surface area contributed by atoms with Gasteiger partial charge in [-0.25, -0.2) is 0 Å². The average Bonchev–Trinajstić information content (AvgIpc) is 3.14. The monoisotopic (exact) mass is 270 g/mol. The van der Waals surface area contributed by atoms with Crippen molar-refractivity contribution in [3.8, 4) is 0 Å². The molecule has 0 radical (unpaired) electrons. The van der Waals surface area contributed by atoms with Crippen LogP contribution in [0.5, 0.6) is 0 Å². The number of fused-ring (bicyclic) bond motifs is 1. The summed E-state index contributed by atoms with van der Waals surface area (Å²) in [6.07, 6.45) is 6.17. The third-order valence-corrected chi connectivity index (χ3v) is 4.80. The minimum absolute atomic E-state index is 0.372. The summed E-state index contributed by atoms with van der Waals surface area (Å²) in [4.78, 5) is 2.60. The van der Waals surface area contributed by atoms with Crippen molar-refractivity contribution in [1.29, 1.82) is 0 Å². The van der Waals surface area contributed by atoms with Gasteiger partial charge in [-0.2, -0.15) is 5.10 Å². The molecular formula is C13H23ClN4. The van der Waals surface area contributed by atoms with Crippen LogP contribution >= 0.6 is 11.6 Å². The number of hydrazone groups is 1. The van der Waals surface area contributed by atoms with Crippen LogP contribution in [-0.2, 0) is 0 Å². The van der Waals surface area contributed by atoms with Gasteiger partial charge < -0.3 is 10.7 Å². The highest BCUT2D eigenvalue weighted by molar-refractivity contribution is 6.20. The van der Waals surface area contributed by atoms with Crippen LogP contribution < -0.4 is 10.7 Å². The zero-order valence-electron chi connectivity index (χ0n) is 11.0. The van der Waals surface area contributed by atoms with Crippen molar-refractivity contribution < 1.29 is 0 Å². The summed E-state index contributed by atoms with van der Waals surface area (Å²) in [5.41, 5.74) is 2.92. The summed E-state index contributed by atoms with van der Waals surface area (Å²) in [5, 5.41) is 8.41. The Labute approximate surface area is 114 Å². The largest absolute Gasteiger partial charge is 0.368 e. The van der Waals surface area contributed by atoms with E-state index in [9.17, 15) is 0 Å². The van der Waals surface area contributed by atoms with E-state index < -0.39 is 0 Å². The van der Waals surface area contributed by atoms with Gasteiger partial charge in [0, 0.05) is 31.1 Å². The maximum absolute atomic E-state index is 6.34. The summed E-state index contributed by atoms with van der Waals surface area (Å²) in [5.74, 6) is 1.79. The first-order valence-electron chi connectivity index (χ1n) is 7.14. The first-order valence-corrected chi connectivity index (χ1v) is 7.58. The van der Waals surface area contributed by atoms with Gasteiger partial charge in [0.05, 0.1) is 6.54 Å². The average molecular weight is 271 g/mol. The number of hydrogen-bond donors (Lipinski definition) is 2.